The minimum atomic E-state index is 0.320. The third-order valence-electron chi connectivity index (χ3n) is 4.73. The molecule has 3 N–H and O–H groups in total. The van der Waals surface area contributed by atoms with Gasteiger partial charge in [0.05, 0.1) is 18.0 Å². The Bertz CT molecular complexity index is 825. The molecule has 1 heterocycles. The number of nitrogens with one attached hydrogen (secondary N) is 3. The Morgan fingerprint density at radius 1 is 1.38 bits per heavy atom. The van der Waals surface area contributed by atoms with Crippen molar-refractivity contribution >= 4 is 23.5 Å². The summed E-state index contributed by atoms with van der Waals surface area (Å²) in [4.78, 5) is 7.55. The van der Waals surface area contributed by atoms with Gasteiger partial charge in [0, 0.05) is 23.0 Å². The first-order valence-corrected chi connectivity index (χ1v) is 9.23. The number of rotatable bonds is 5. The monoisotopic (exact) mass is 367 g/mol. The van der Waals surface area contributed by atoms with Crippen LogP contribution in [-0.4, -0.2) is 21.8 Å². The molecule has 0 unspecified atom stereocenters. The van der Waals surface area contributed by atoms with Crippen LogP contribution in [-0.2, 0) is 0 Å². The number of amidine groups is 1. The zero-order valence-electron chi connectivity index (χ0n) is 14.5. The van der Waals surface area contributed by atoms with Crippen LogP contribution < -0.4 is 5.32 Å². The Morgan fingerprint density at radius 2 is 2.19 bits per heavy atom. The number of halogens is 1. The SMILES string of the molecule is N#CC[C@H]1CC[C@H](NC(=N)/C=C\c2ncc(-c3cccc(Cl)c3)[nH]2)CC1. The van der Waals surface area contributed by atoms with Gasteiger partial charge in [-0.3, -0.25) is 5.41 Å². The van der Waals surface area contributed by atoms with Crippen LogP contribution in [0.3, 0.4) is 0 Å². The molecule has 0 amide bonds. The van der Waals surface area contributed by atoms with Gasteiger partial charge in [0.25, 0.3) is 0 Å². The quantitative estimate of drug-likeness (QED) is 0.524. The molecule has 1 aliphatic carbocycles. The number of nitrogens with zero attached hydrogens (tertiary/aromatic N) is 2. The molecule has 1 fully saturated rings. The second-order valence-corrected chi connectivity index (χ2v) is 7.10. The predicted octanol–water partition coefficient (Wildman–Crippen LogP) is 4.78. The molecular weight excluding hydrogens is 346 g/mol. The number of benzene rings is 1. The molecule has 0 radical (unpaired) electrons. The Hall–Kier alpha value is -2.58. The van der Waals surface area contributed by atoms with E-state index in [-0.39, 0.29) is 0 Å². The normalized spacial score (nSPS) is 20.0. The van der Waals surface area contributed by atoms with E-state index < -0.39 is 0 Å². The van der Waals surface area contributed by atoms with Crippen molar-refractivity contribution in [1.29, 1.82) is 10.7 Å². The minimum absolute atomic E-state index is 0.320. The van der Waals surface area contributed by atoms with Crippen LogP contribution in [0.4, 0.5) is 0 Å². The van der Waals surface area contributed by atoms with E-state index in [1.54, 1.807) is 18.3 Å². The summed E-state index contributed by atoms with van der Waals surface area (Å²) in [5, 5.41) is 20.8. The summed E-state index contributed by atoms with van der Waals surface area (Å²) in [5.41, 5.74) is 1.87. The highest BCUT2D eigenvalue weighted by molar-refractivity contribution is 6.30. The van der Waals surface area contributed by atoms with Crippen molar-refractivity contribution < 1.29 is 0 Å². The van der Waals surface area contributed by atoms with Crippen LogP contribution in [0.1, 0.15) is 37.9 Å². The zero-order valence-corrected chi connectivity index (χ0v) is 15.3. The van der Waals surface area contributed by atoms with Crippen molar-refractivity contribution in [2.24, 2.45) is 5.92 Å². The van der Waals surface area contributed by atoms with Gasteiger partial charge in [-0.25, -0.2) is 4.98 Å². The summed E-state index contributed by atoms with van der Waals surface area (Å²) in [6.45, 7) is 0. The fraction of sp³-hybridized carbons (Fsp3) is 0.350. The Labute approximate surface area is 158 Å². The molecule has 1 saturated carbocycles. The first kappa shape index (κ1) is 18.2. The third kappa shape index (κ3) is 4.96. The molecule has 2 aromatic rings. The van der Waals surface area contributed by atoms with E-state index in [0.29, 0.717) is 35.1 Å². The summed E-state index contributed by atoms with van der Waals surface area (Å²) in [5.74, 6) is 1.61. The number of aromatic amines is 1. The van der Waals surface area contributed by atoms with Gasteiger partial charge >= 0.3 is 0 Å². The van der Waals surface area contributed by atoms with Crippen molar-refractivity contribution in [3.05, 3.63) is 47.4 Å². The second kappa shape index (κ2) is 8.68. The molecule has 26 heavy (non-hydrogen) atoms. The molecule has 1 aromatic carbocycles. The zero-order chi connectivity index (χ0) is 18.4. The summed E-state index contributed by atoms with van der Waals surface area (Å²) >= 11 is 6.02. The highest BCUT2D eigenvalue weighted by Crippen LogP contribution is 2.26. The summed E-state index contributed by atoms with van der Waals surface area (Å²) in [6, 6.07) is 10.2. The van der Waals surface area contributed by atoms with Crippen LogP contribution in [0, 0.1) is 22.7 Å². The van der Waals surface area contributed by atoms with Gasteiger partial charge in [0.2, 0.25) is 0 Å². The molecule has 0 atom stereocenters. The van der Waals surface area contributed by atoms with Crippen molar-refractivity contribution in [3.63, 3.8) is 0 Å². The molecular formula is C20H22ClN5. The molecule has 0 bridgehead atoms. The minimum Gasteiger partial charge on any atom is -0.368 e. The average Bonchev–Trinajstić information content (AvgIpc) is 3.11. The van der Waals surface area contributed by atoms with E-state index in [2.05, 4.69) is 21.4 Å². The van der Waals surface area contributed by atoms with Crippen LogP contribution in [0.5, 0.6) is 0 Å². The number of imidazole rings is 1. The number of nitriles is 1. The molecule has 1 aromatic heterocycles. The summed E-state index contributed by atoms with van der Waals surface area (Å²) in [6.07, 6.45) is 10.1. The van der Waals surface area contributed by atoms with Crippen molar-refractivity contribution in [2.75, 3.05) is 0 Å². The topological polar surface area (TPSA) is 88.3 Å². The lowest BCUT2D eigenvalue weighted by Gasteiger charge is -2.28. The molecule has 1 aliphatic rings. The highest BCUT2D eigenvalue weighted by atomic mass is 35.5. The van der Waals surface area contributed by atoms with E-state index in [0.717, 1.165) is 36.9 Å². The highest BCUT2D eigenvalue weighted by Gasteiger charge is 2.20. The van der Waals surface area contributed by atoms with Crippen molar-refractivity contribution in [3.8, 4) is 17.3 Å². The van der Waals surface area contributed by atoms with E-state index in [1.165, 1.54) is 0 Å². The van der Waals surface area contributed by atoms with Gasteiger partial charge < -0.3 is 10.3 Å². The fourth-order valence-corrected chi connectivity index (χ4v) is 3.48. The maximum absolute atomic E-state index is 8.77. The molecule has 0 spiro atoms. The van der Waals surface area contributed by atoms with Crippen LogP contribution >= 0.6 is 11.6 Å². The van der Waals surface area contributed by atoms with Crippen LogP contribution in [0.25, 0.3) is 17.3 Å². The van der Waals surface area contributed by atoms with Crippen molar-refractivity contribution in [2.45, 2.75) is 38.1 Å². The van der Waals surface area contributed by atoms with Gasteiger partial charge in [-0.15, -0.1) is 0 Å². The lowest BCUT2D eigenvalue weighted by Crippen LogP contribution is -2.36. The van der Waals surface area contributed by atoms with Gasteiger partial charge in [0.1, 0.15) is 11.7 Å². The summed E-state index contributed by atoms with van der Waals surface area (Å²) < 4.78 is 0. The lowest BCUT2D eigenvalue weighted by atomic mass is 9.84. The molecule has 134 valence electrons. The standard InChI is InChI=1S/C20H22ClN5/c21-16-3-1-2-15(12-16)18-13-24-20(26-18)9-8-19(23)25-17-6-4-14(5-7-17)10-11-22/h1-3,8-9,12-14,17H,4-7,10H2,(H2,23,25)(H,24,26)/b9-8-/t14-,17-. The molecule has 3 rings (SSSR count). The maximum atomic E-state index is 8.77. The second-order valence-electron chi connectivity index (χ2n) is 6.66. The Morgan fingerprint density at radius 3 is 2.92 bits per heavy atom. The smallest absolute Gasteiger partial charge is 0.130 e. The number of hydrogen-bond donors (Lipinski definition) is 3. The number of H-pyrrole nitrogens is 1. The Kier molecular flexibility index (Phi) is 6.08. The predicted molar refractivity (Wildman–Crippen MR) is 105 cm³/mol. The molecule has 0 saturated heterocycles. The number of hydrogen-bond acceptors (Lipinski definition) is 3. The fourth-order valence-electron chi connectivity index (χ4n) is 3.29. The van der Waals surface area contributed by atoms with E-state index in [9.17, 15) is 0 Å². The van der Waals surface area contributed by atoms with E-state index in [4.69, 9.17) is 22.3 Å². The molecule has 0 aliphatic heterocycles. The largest absolute Gasteiger partial charge is 0.368 e. The van der Waals surface area contributed by atoms with Gasteiger partial charge in [-0.2, -0.15) is 5.26 Å². The van der Waals surface area contributed by atoms with Crippen molar-refractivity contribution in [1.82, 2.24) is 15.3 Å². The van der Waals surface area contributed by atoms with Crippen LogP contribution in [0.15, 0.2) is 36.5 Å². The average molecular weight is 368 g/mol. The lowest BCUT2D eigenvalue weighted by molar-refractivity contribution is 0.315. The maximum Gasteiger partial charge on any atom is 0.130 e. The first-order chi connectivity index (χ1) is 12.6. The molecule has 6 heteroatoms. The summed E-state index contributed by atoms with van der Waals surface area (Å²) in [7, 11) is 0. The van der Waals surface area contributed by atoms with Gasteiger partial charge in [0.15, 0.2) is 0 Å². The first-order valence-electron chi connectivity index (χ1n) is 8.85. The van der Waals surface area contributed by atoms with Gasteiger partial charge in [-0.1, -0.05) is 23.7 Å². The van der Waals surface area contributed by atoms with Gasteiger partial charge in [-0.05, 0) is 55.9 Å². The Balaban J connectivity index is 1.52. The third-order valence-corrected chi connectivity index (χ3v) is 4.96. The van der Waals surface area contributed by atoms with E-state index in [1.807, 2.05) is 24.3 Å². The molecule has 5 nitrogen and oxygen atoms in total. The van der Waals surface area contributed by atoms with Crippen LogP contribution in [0.2, 0.25) is 5.02 Å². The van der Waals surface area contributed by atoms with E-state index >= 15 is 0 Å². The number of aromatic nitrogens is 2.